The number of hydrogen-bond acceptors (Lipinski definition) is 2. The fourth-order valence-corrected chi connectivity index (χ4v) is 2.29. The van der Waals surface area contributed by atoms with E-state index in [-0.39, 0.29) is 0 Å². The van der Waals surface area contributed by atoms with Crippen LogP contribution in [0.15, 0.2) is 12.1 Å². The zero-order valence-electron chi connectivity index (χ0n) is 11.3. The summed E-state index contributed by atoms with van der Waals surface area (Å²) in [5, 5.41) is 0. The number of nitrogens with zero attached hydrogens (tertiary/aromatic N) is 2. The van der Waals surface area contributed by atoms with Crippen LogP contribution in [0.2, 0.25) is 0 Å². The summed E-state index contributed by atoms with van der Waals surface area (Å²) in [7, 11) is 0. The first-order chi connectivity index (χ1) is 8.40. The van der Waals surface area contributed by atoms with Crippen LogP contribution in [0, 0.1) is 13.8 Å². The maximum atomic E-state index is 5.69. The van der Waals surface area contributed by atoms with Gasteiger partial charge >= 0.3 is 0 Å². The molecule has 18 heavy (non-hydrogen) atoms. The first kappa shape index (κ1) is 13.0. The van der Waals surface area contributed by atoms with Gasteiger partial charge in [0.1, 0.15) is 5.82 Å². The van der Waals surface area contributed by atoms with Gasteiger partial charge in [0.2, 0.25) is 0 Å². The number of imidazole rings is 1. The van der Waals surface area contributed by atoms with Crippen molar-refractivity contribution in [2.45, 2.75) is 40.2 Å². The second kappa shape index (κ2) is 4.69. The van der Waals surface area contributed by atoms with Crippen molar-refractivity contribution in [3.63, 3.8) is 0 Å². The number of nitrogens with two attached hydrogens (primary N) is 1. The summed E-state index contributed by atoms with van der Waals surface area (Å²) in [6, 6.07) is 4.30. The predicted octanol–water partition coefficient (Wildman–Crippen LogP) is 3.06. The summed E-state index contributed by atoms with van der Waals surface area (Å²) in [5.74, 6) is 1.40. The fourth-order valence-electron chi connectivity index (χ4n) is 2.16. The highest BCUT2D eigenvalue weighted by Gasteiger charge is 2.14. The molecule has 1 aromatic carbocycles. The van der Waals surface area contributed by atoms with E-state index in [2.05, 4.69) is 44.4 Å². The minimum Gasteiger partial charge on any atom is -0.392 e. The maximum absolute atomic E-state index is 5.69. The van der Waals surface area contributed by atoms with Gasteiger partial charge in [-0.25, -0.2) is 4.98 Å². The molecule has 2 aromatic rings. The number of hydrogen-bond donors (Lipinski definition) is 1. The van der Waals surface area contributed by atoms with E-state index in [1.54, 1.807) is 0 Å². The Morgan fingerprint density at radius 3 is 2.50 bits per heavy atom. The lowest BCUT2D eigenvalue weighted by Crippen LogP contribution is -2.18. The highest BCUT2D eigenvalue weighted by molar-refractivity contribution is 7.80. The van der Waals surface area contributed by atoms with Crippen LogP contribution >= 0.6 is 12.2 Å². The summed E-state index contributed by atoms with van der Waals surface area (Å²) < 4.78 is 2.13. The van der Waals surface area contributed by atoms with Gasteiger partial charge in [-0.1, -0.05) is 26.1 Å². The average Bonchev–Trinajstić information content (AvgIpc) is 2.57. The monoisotopic (exact) mass is 261 g/mol. The van der Waals surface area contributed by atoms with Crippen LogP contribution in [0.4, 0.5) is 0 Å². The van der Waals surface area contributed by atoms with Gasteiger partial charge < -0.3 is 10.3 Å². The van der Waals surface area contributed by atoms with E-state index >= 15 is 0 Å². The summed E-state index contributed by atoms with van der Waals surface area (Å²) in [6.45, 7) is 9.05. The van der Waals surface area contributed by atoms with Crippen molar-refractivity contribution >= 4 is 28.2 Å². The minimum atomic E-state index is 0.354. The normalized spacial score (nSPS) is 11.4. The summed E-state index contributed by atoms with van der Waals surface area (Å²) in [5.41, 5.74) is 10.4. The van der Waals surface area contributed by atoms with E-state index in [9.17, 15) is 0 Å². The second-order valence-electron chi connectivity index (χ2n) is 5.10. The van der Waals surface area contributed by atoms with Crippen molar-refractivity contribution in [2.24, 2.45) is 5.73 Å². The van der Waals surface area contributed by atoms with Crippen LogP contribution in [0.25, 0.3) is 11.0 Å². The minimum absolute atomic E-state index is 0.354. The third-order valence-corrected chi connectivity index (χ3v) is 3.35. The van der Waals surface area contributed by atoms with Gasteiger partial charge in [0, 0.05) is 5.92 Å². The molecule has 0 radical (unpaired) electrons. The average molecular weight is 261 g/mol. The Morgan fingerprint density at radius 2 is 1.94 bits per heavy atom. The zero-order valence-corrected chi connectivity index (χ0v) is 12.1. The number of aromatic nitrogens is 2. The van der Waals surface area contributed by atoms with E-state index in [0.717, 1.165) is 16.9 Å². The molecular formula is C14H19N3S. The third kappa shape index (κ3) is 2.25. The fraction of sp³-hybridized carbons (Fsp3) is 0.429. The first-order valence-corrected chi connectivity index (χ1v) is 6.56. The lowest BCUT2D eigenvalue weighted by molar-refractivity contribution is 0.704. The molecule has 4 heteroatoms. The van der Waals surface area contributed by atoms with E-state index in [1.807, 2.05) is 0 Å². The Hall–Kier alpha value is -1.42. The molecule has 0 atom stereocenters. The lowest BCUT2D eigenvalue weighted by atomic mass is 10.1. The molecule has 0 aliphatic carbocycles. The van der Waals surface area contributed by atoms with Gasteiger partial charge in [-0.15, -0.1) is 0 Å². The number of thiocarbonyl (C=S) groups is 1. The molecule has 0 saturated heterocycles. The lowest BCUT2D eigenvalue weighted by Gasteiger charge is -2.10. The molecule has 0 aliphatic rings. The van der Waals surface area contributed by atoms with Gasteiger partial charge in [-0.3, -0.25) is 0 Å². The smallest absolute Gasteiger partial charge is 0.112 e. The molecule has 0 spiro atoms. The molecule has 2 N–H and O–H groups in total. The molecule has 1 heterocycles. The van der Waals surface area contributed by atoms with Gasteiger partial charge in [0.25, 0.3) is 0 Å². The number of aryl methyl sites for hydroxylation is 2. The van der Waals surface area contributed by atoms with Crippen LogP contribution in [0.1, 0.15) is 36.7 Å². The quantitative estimate of drug-likeness (QED) is 0.864. The van der Waals surface area contributed by atoms with Crippen LogP contribution < -0.4 is 5.73 Å². The Balaban J connectivity index is 2.72. The predicted molar refractivity (Wildman–Crippen MR) is 80.1 cm³/mol. The number of fused-ring (bicyclic) bond motifs is 1. The Bertz CT molecular complexity index is 611. The molecule has 0 aliphatic heterocycles. The van der Waals surface area contributed by atoms with Crippen molar-refractivity contribution in [3.05, 3.63) is 29.1 Å². The molecule has 96 valence electrons. The summed E-state index contributed by atoms with van der Waals surface area (Å²) in [6.07, 6.45) is 0. The van der Waals surface area contributed by atoms with E-state index in [1.165, 1.54) is 11.1 Å². The Labute approximate surface area is 113 Å². The van der Waals surface area contributed by atoms with Crippen LogP contribution in [0.3, 0.4) is 0 Å². The molecule has 0 saturated carbocycles. The molecule has 0 bridgehead atoms. The van der Waals surface area contributed by atoms with E-state index in [4.69, 9.17) is 22.9 Å². The molecule has 1 aromatic heterocycles. The Morgan fingerprint density at radius 1 is 1.33 bits per heavy atom. The topological polar surface area (TPSA) is 43.8 Å². The van der Waals surface area contributed by atoms with Crippen LogP contribution in [-0.2, 0) is 6.54 Å². The largest absolute Gasteiger partial charge is 0.392 e. The van der Waals surface area contributed by atoms with Crippen LogP contribution in [-0.4, -0.2) is 14.5 Å². The summed E-state index contributed by atoms with van der Waals surface area (Å²) in [4.78, 5) is 5.21. The highest BCUT2D eigenvalue weighted by atomic mass is 32.1. The first-order valence-electron chi connectivity index (χ1n) is 6.16. The van der Waals surface area contributed by atoms with Gasteiger partial charge in [-0.2, -0.15) is 0 Å². The number of rotatable bonds is 3. The maximum Gasteiger partial charge on any atom is 0.112 e. The second-order valence-corrected chi connectivity index (χ2v) is 5.63. The molecular weight excluding hydrogens is 242 g/mol. The molecule has 0 amide bonds. The third-order valence-electron chi connectivity index (χ3n) is 3.22. The van der Waals surface area contributed by atoms with Crippen molar-refractivity contribution in [2.75, 3.05) is 0 Å². The van der Waals surface area contributed by atoms with Crippen molar-refractivity contribution in [3.8, 4) is 0 Å². The molecule has 0 fully saturated rings. The molecule has 3 nitrogen and oxygen atoms in total. The van der Waals surface area contributed by atoms with Gasteiger partial charge in [0.05, 0.1) is 22.6 Å². The SMILES string of the molecule is Cc1cc2nc(C(C)C)n(CC(N)=S)c2cc1C. The Kier molecular flexibility index (Phi) is 3.39. The van der Waals surface area contributed by atoms with Gasteiger partial charge in [0.15, 0.2) is 0 Å². The van der Waals surface area contributed by atoms with Crippen molar-refractivity contribution < 1.29 is 0 Å². The van der Waals surface area contributed by atoms with Crippen LogP contribution in [0.5, 0.6) is 0 Å². The van der Waals surface area contributed by atoms with Gasteiger partial charge in [-0.05, 0) is 37.1 Å². The molecule has 0 unspecified atom stereocenters. The zero-order chi connectivity index (χ0) is 13.4. The van der Waals surface area contributed by atoms with Crippen molar-refractivity contribution in [1.82, 2.24) is 9.55 Å². The van der Waals surface area contributed by atoms with E-state index < -0.39 is 0 Å². The summed E-state index contributed by atoms with van der Waals surface area (Å²) >= 11 is 5.04. The standard InChI is InChI=1S/C14H19N3S/c1-8(2)14-16-11-5-9(3)10(4)6-12(11)17(14)7-13(15)18/h5-6,8H,7H2,1-4H3,(H2,15,18). The van der Waals surface area contributed by atoms with Crippen molar-refractivity contribution in [1.29, 1.82) is 0 Å². The number of benzene rings is 1. The molecule has 2 rings (SSSR count). The highest BCUT2D eigenvalue weighted by Crippen LogP contribution is 2.24. The van der Waals surface area contributed by atoms with E-state index in [0.29, 0.717) is 17.5 Å².